The van der Waals surface area contributed by atoms with Gasteiger partial charge in [-0.3, -0.25) is 0 Å². The highest BCUT2D eigenvalue weighted by Gasteiger charge is 2.30. The predicted octanol–water partition coefficient (Wildman–Crippen LogP) is 3.98. The number of nitrogens with zero attached hydrogens (tertiary/aromatic N) is 2. The van der Waals surface area contributed by atoms with Crippen molar-refractivity contribution in [2.75, 3.05) is 25.0 Å². The number of halogens is 1. The number of hydrogen-bond acceptors (Lipinski definition) is 3. The molecule has 5 nitrogen and oxygen atoms in total. The van der Waals surface area contributed by atoms with E-state index >= 15 is 0 Å². The van der Waals surface area contributed by atoms with Gasteiger partial charge in [0.1, 0.15) is 5.60 Å². The number of piperazine rings is 1. The predicted molar refractivity (Wildman–Crippen MR) is 102 cm³/mol. The summed E-state index contributed by atoms with van der Waals surface area (Å²) in [7, 11) is 0. The Balaban J connectivity index is 1.91. The van der Waals surface area contributed by atoms with E-state index in [1.807, 2.05) is 52.0 Å². The summed E-state index contributed by atoms with van der Waals surface area (Å²) < 4.78 is 5.44. The summed E-state index contributed by atoms with van der Waals surface area (Å²) in [4.78, 5) is 16.0. The molecule has 1 aromatic carbocycles. The van der Waals surface area contributed by atoms with Gasteiger partial charge in [0, 0.05) is 36.4 Å². The maximum atomic E-state index is 12.2. The average molecular weight is 370 g/mol. The molecule has 0 radical (unpaired) electrons. The Morgan fingerprint density at radius 2 is 1.92 bits per heavy atom. The van der Waals surface area contributed by atoms with Gasteiger partial charge in [-0.15, -0.1) is 0 Å². The molecule has 1 N–H and O–H groups in total. The van der Waals surface area contributed by atoms with Gasteiger partial charge < -0.3 is 19.9 Å². The summed E-state index contributed by atoms with van der Waals surface area (Å²) in [6, 6.07) is 7.51. The summed E-state index contributed by atoms with van der Waals surface area (Å²) in [6.07, 6.45) is -0.273. The third-order valence-electron chi connectivity index (χ3n) is 3.64. The van der Waals surface area contributed by atoms with Crippen molar-refractivity contribution in [1.29, 1.82) is 0 Å². The normalized spacial score (nSPS) is 18.3. The van der Waals surface area contributed by atoms with E-state index in [4.69, 9.17) is 28.6 Å². The van der Waals surface area contributed by atoms with E-state index in [1.54, 1.807) is 4.90 Å². The third kappa shape index (κ3) is 5.24. The largest absolute Gasteiger partial charge is 0.444 e. The molecule has 1 saturated heterocycles. The lowest BCUT2D eigenvalue weighted by Gasteiger charge is -2.41. The highest BCUT2D eigenvalue weighted by Crippen LogP contribution is 2.18. The SMILES string of the molecule is C[C@H]1CN(C(=O)OC(C)(C)C)CCN1C(=S)Nc1ccc(Cl)cc1. The van der Waals surface area contributed by atoms with Gasteiger partial charge in [-0.2, -0.15) is 0 Å². The zero-order valence-electron chi connectivity index (χ0n) is 14.5. The second-order valence-electron chi connectivity index (χ2n) is 6.91. The molecule has 1 heterocycles. The van der Waals surface area contributed by atoms with Gasteiger partial charge >= 0.3 is 6.09 Å². The van der Waals surface area contributed by atoms with Gasteiger partial charge in [0.25, 0.3) is 0 Å². The van der Waals surface area contributed by atoms with Gasteiger partial charge in [-0.1, -0.05) is 11.6 Å². The summed E-state index contributed by atoms with van der Waals surface area (Å²) in [6.45, 7) is 9.49. The van der Waals surface area contributed by atoms with Crippen LogP contribution in [0.15, 0.2) is 24.3 Å². The van der Waals surface area contributed by atoms with Crippen LogP contribution in [0.5, 0.6) is 0 Å². The van der Waals surface area contributed by atoms with Crippen molar-refractivity contribution in [3.63, 3.8) is 0 Å². The van der Waals surface area contributed by atoms with Crippen molar-refractivity contribution in [1.82, 2.24) is 9.80 Å². The maximum Gasteiger partial charge on any atom is 0.410 e. The fourth-order valence-electron chi connectivity index (χ4n) is 2.48. The fourth-order valence-corrected chi connectivity index (χ4v) is 3.00. The van der Waals surface area contributed by atoms with Crippen molar-refractivity contribution in [2.24, 2.45) is 0 Å². The van der Waals surface area contributed by atoms with Crippen LogP contribution >= 0.6 is 23.8 Å². The molecule has 1 atom stereocenters. The average Bonchev–Trinajstić information content (AvgIpc) is 2.47. The molecule has 24 heavy (non-hydrogen) atoms. The van der Waals surface area contributed by atoms with Crippen molar-refractivity contribution in [3.05, 3.63) is 29.3 Å². The number of carbonyl (C=O) groups is 1. The Morgan fingerprint density at radius 1 is 1.29 bits per heavy atom. The Bertz CT molecular complexity index is 601. The smallest absolute Gasteiger partial charge is 0.410 e. The highest BCUT2D eigenvalue weighted by molar-refractivity contribution is 7.80. The van der Waals surface area contributed by atoms with Crippen LogP contribution in [-0.4, -0.2) is 52.3 Å². The van der Waals surface area contributed by atoms with Crippen LogP contribution in [0.25, 0.3) is 0 Å². The Kier molecular flexibility index (Phi) is 5.93. The van der Waals surface area contributed by atoms with Gasteiger partial charge in [-0.25, -0.2) is 4.79 Å². The zero-order chi connectivity index (χ0) is 17.9. The number of nitrogens with one attached hydrogen (secondary N) is 1. The Hall–Kier alpha value is -1.53. The van der Waals surface area contributed by atoms with Crippen LogP contribution < -0.4 is 5.32 Å². The summed E-state index contributed by atoms with van der Waals surface area (Å²) in [5, 5.41) is 4.55. The minimum absolute atomic E-state index is 0.110. The second kappa shape index (κ2) is 7.57. The van der Waals surface area contributed by atoms with Gasteiger partial charge in [0.05, 0.1) is 0 Å². The van der Waals surface area contributed by atoms with Crippen LogP contribution in [0.1, 0.15) is 27.7 Å². The van der Waals surface area contributed by atoms with E-state index in [0.29, 0.717) is 29.8 Å². The number of hydrogen-bond donors (Lipinski definition) is 1. The van der Waals surface area contributed by atoms with Gasteiger partial charge in [-0.05, 0) is 64.2 Å². The lowest BCUT2D eigenvalue weighted by atomic mass is 10.2. The van der Waals surface area contributed by atoms with E-state index in [0.717, 1.165) is 5.69 Å². The molecule has 1 aliphatic heterocycles. The quantitative estimate of drug-likeness (QED) is 0.758. The first-order valence-corrected chi connectivity index (χ1v) is 8.75. The van der Waals surface area contributed by atoms with Crippen LogP contribution in [0.4, 0.5) is 10.5 Å². The number of carbonyl (C=O) groups excluding carboxylic acids is 1. The van der Waals surface area contributed by atoms with Crippen molar-refractivity contribution in [3.8, 4) is 0 Å². The molecule has 1 fully saturated rings. The number of benzene rings is 1. The van der Waals surface area contributed by atoms with E-state index in [2.05, 4.69) is 10.2 Å². The molecule has 0 unspecified atom stereocenters. The molecule has 0 spiro atoms. The first-order valence-electron chi connectivity index (χ1n) is 7.97. The minimum Gasteiger partial charge on any atom is -0.444 e. The molecule has 0 aliphatic carbocycles. The third-order valence-corrected chi connectivity index (χ3v) is 4.22. The van der Waals surface area contributed by atoms with Crippen molar-refractivity contribution >= 4 is 40.7 Å². The molecular formula is C17H24ClN3O2S. The number of ether oxygens (including phenoxy) is 1. The lowest BCUT2D eigenvalue weighted by molar-refractivity contribution is 0.0135. The summed E-state index contributed by atoms with van der Waals surface area (Å²) in [5.41, 5.74) is 0.411. The molecule has 1 aliphatic rings. The van der Waals surface area contributed by atoms with E-state index in [-0.39, 0.29) is 12.1 Å². The summed E-state index contributed by atoms with van der Waals surface area (Å²) >= 11 is 11.4. The van der Waals surface area contributed by atoms with Gasteiger partial charge in [0.2, 0.25) is 0 Å². The first kappa shape index (κ1) is 18.8. The second-order valence-corrected chi connectivity index (χ2v) is 7.73. The number of amides is 1. The van der Waals surface area contributed by atoms with Crippen molar-refractivity contribution in [2.45, 2.75) is 39.3 Å². The molecule has 1 amide bonds. The van der Waals surface area contributed by atoms with Crippen LogP contribution in [0, 0.1) is 0 Å². The molecule has 0 aromatic heterocycles. The monoisotopic (exact) mass is 369 g/mol. The minimum atomic E-state index is -0.483. The van der Waals surface area contributed by atoms with Gasteiger partial charge in [0.15, 0.2) is 5.11 Å². The zero-order valence-corrected chi connectivity index (χ0v) is 16.1. The standard InChI is InChI=1S/C17H24ClN3O2S/c1-12-11-20(16(22)23-17(2,3)4)9-10-21(12)15(24)19-14-7-5-13(18)6-8-14/h5-8,12H,9-11H2,1-4H3,(H,19,24)/t12-/m0/s1. The molecule has 0 saturated carbocycles. The van der Waals surface area contributed by atoms with Crippen LogP contribution in [-0.2, 0) is 4.74 Å². The Morgan fingerprint density at radius 3 is 2.46 bits per heavy atom. The molecule has 2 rings (SSSR count). The maximum absolute atomic E-state index is 12.2. The first-order chi connectivity index (χ1) is 11.2. The highest BCUT2D eigenvalue weighted by atomic mass is 35.5. The molecule has 7 heteroatoms. The van der Waals surface area contributed by atoms with E-state index < -0.39 is 5.60 Å². The summed E-state index contributed by atoms with van der Waals surface area (Å²) in [5.74, 6) is 0. The molecule has 1 aromatic rings. The van der Waals surface area contributed by atoms with Crippen LogP contribution in [0.2, 0.25) is 5.02 Å². The molecular weight excluding hydrogens is 346 g/mol. The molecule has 132 valence electrons. The Labute approximate surface area is 153 Å². The number of thiocarbonyl (C=S) groups is 1. The topological polar surface area (TPSA) is 44.8 Å². The number of anilines is 1. The molecule has 0 bridgehead atoms. The fraction of sp³-hybridized carbons (Fsp3) is 0.529. The van der Waals surface area contributed by atoms with E-state index in [1.165, 1.54) is 0 Å². The lowest BCUT2D eigenvalue weighted by Crippen LogP contribution is -2.56. The number of rotatable bonds is 1. The van der Waals surface area contributed by atoms with Crippen molar-refractivity contribution < 1.29 is 9.53 Å². The van der Waals surface area contributed by atoms with E-state index in [9.17, 15) is 4.79 Å². The van der Waals surface area contributed by atoms with Crippen LogP contribution in [0.3, 0.4) is 0 Å².